The number of amides is 1. The van der Waals surface area contributed by atoms with Gasteiger partial charge in [0.2, 0.25) is 0 Å². The van der Waals surface area contributed by atoms with Crippen molar-refractivity contribution in [1.82, 2.24) is 5.43 Å². The molecular formula is C16H21N3O5. The molecule has 0 spiro atoms. The van der Waals surface area contributed by atoms with Gasteiger partial charge < -0.3 is 4.74 Å². The number of hydrazone groups is 1. The van der Waals surface area contributed by atoms with E-state index in [9.17, 15) is 19.7 Å². The normalized spacial score (nSPS) is 12.6. The minimum atomic E-state index is -0.715. The van der Waals surface area contributed by atoms with Crippen molar-refractivity contribution in [2.24, 2.45) is 16.9 Å². The highest BCUT2D eigenvalue weighted by Gasteiger charge is 2.27. The molecule has 1 aromatic rings. The van der Waals surface area contributed by atoms with Gasteiger partial charge in [0, 0.05) is 11.8 Å². The number of ether oxygens (including phenoxy) is 1. The van der Waals surface area contributed by atoms with Gasteiger partial charge in [-0.3, -0.25) is 19.7 Å². The number of carbonyl (C=O) groups is 2. The number of hydrogen-bond acceptors (Lipinski definition) is 6. The third-order valence-electron chi connectivity index (χ3n) is 3.34. The molecule has 8 nitrogen and oxygen atoms in total. The van der Waals surface area contributed by atoms with Crippen LogP contribution >= 0.6 is 0 Å². The van der Waals surface area contributed by atoms with E-state index in [0.717, 1.165) is 0 Å². The molecule has 1 rings (SSSR count). The topological polar surface area (TPSA) is 111 Å². The summed E-state index contributed by atoms with van der Waals surface area (Å²) in [7, 11) is 0. The molecule has 0 aliphatic rings. The summed E-state index contributed by atoms with van der Waals surface area (Å²) in [5.74, 6) is -1.81. The third-order valence-corrected chi connectivity index (χ3v) is 3.34. The molecule has 0 saturated carbocycles. The van der Waals surface area contributed by atoms with Crippen LogP contribution in [0.5, 0.6) is 0 Å². The molecule has 0 radical (unpaired) electrons. The van der Waals surface area contributed by atoms with Crippen molar-refractivity contribution in [1.29, 1.82) is 0 Å². The van der Waals surface area contributed by atoms with Crippen LogP contribution in [-0.2, 0) is 9.53 Å². The van der Waals surface area contributed by atoms with Crippen LogP contribution in [0.1, 0.15) is 38.1 Å². The number of nitro benzene ring substituents is 1. The highest BCUT2D eigenvalue weighted by molar-refractivity contribution is 6.03. The van der Waals surface area contributed by atoms with Gasteiger partial charge in [-0.1, -0.05) is 26.0 Å². The second kappa shape index (κ2) is 8.76. The summed E-state index contributed by atoms with van der Waals surface area (Å²) in [6.45, 7) is 7.23. The fourth-order valence-corrected chi connectivity index (χ4v) is 2.25. The van der Waals surface area contributed by atoms with E-state index in [1.807, 2.05) is 13.8 Å². The van der Waals surface area contributed by atoms with E-state index in [2.05, 4.69) is 10.5 Å². The van der Waals surface area contributed by atoms with Crippen molar-refractivity contribution in [2.45, 2.75) is 27.7 Å². The second-order valence-electron chi connectivity index (χ2n) is 5.44. The first-order valence-electron chi connectivity index (χ1n) is 7.54. The molecule has 0 bridgehead atoms. The zero-order chi connectivity index (χ0) is 18.3. The van der Waals surface area contributed by atoms with Crippen LogP contribution in [0.25, 0.3) is 0 Å². The Kier molecular flexibility index (Phi) is 7.03. The zero-order valence-electron chi connectivity index (χ0n) is 14.1. The van der Waals surface area contributed by atoms with Gasteiger partial charge in [-0.25, -0.2) is 5.43 Å². The Balaban J connectivity index is 2.96. The lowest BCUT2D eigenvalue weighted by Gasteiger charge is -2.18. The smallest absolute Gasteiger partial charge is 0.314 e. The molecule has 1 amide bonds. The Bertz CT molecular complexity index is 655. The Morgan fingerprint density at radius 3 is 2.50 bits per heavy atom. The number of hydrogen-bond donors (Lipinski definition) is 1. The minimum Gasteiger partial charge on any atom is -0.465 e. The molecule has 8 heteroatoms. The van der Waals surface area contributed by atoms with E-state index in [1.165, 1.54) is 24.3 Å². The van der Waals surface area contributed by atoms with Crippen LogP contribution < -0.4 is 5.43 Å². The first-order valence-corrected chi connectivity index (χ1v) is 7.54. The van der Waals surface area contributed by atoms with E-state index in [4.69, 9.17) is 4.74 Å². The summed E-state index contributed by atoms with van der Waals surface area (Å²) in [4.78, 5) is 34.4. The highest BCUT2D eigenvalue weighted by Crippen LogP contribution is 2.18. The maximum absolute atomic E-state index is 12.1. The number of nitrogens with zero attached hydrogens (tertiary/aromatic N) is 2. The highest BCUT2D eigenvalue weighted by atomic mass is 16.6. The van der Waals surface area contributed by atoms with Crippen LogP contribution in [0.15, 0.2) is 29.4 Å². The Labute approximate surface area is 140 Å². The van der Waals surface area contributed by atoms with Crippen molar-refractivity contribution in [3.8, 4) is 0 Å². The molecule has 0 saturated heterocycles. The van der Waals surface area contributed by atoms with Gasteiger partial charge in [0.15, 0.2) is 0 Å². The maximum atomic E-state index is 12.1. The molecule has 0 heterocycles. The molecule has 1 unspecified atom stereocenters. The average molecular weight is 335 g/mol. The molecule has 24 heavy (non-hydrogen) atoms. The summed E-state index contributed by atoms with van der Waals surface area (Å²) in [5, 5.41) is 14.9. The van der Waals surface area contributed by atoms with E-state index in [1.54, 1.807) is 13.8 Å². The summed E-state index contributed by atoms with van der Waals surface area (Å²) in [5.41, 5.74) is 2.22. The van der Waals surface area contributed by atoms with Crippen molar-refractivity contribution in [3.05, 3.63) is 39.9 Å². The van der Waals surface area contributed by atoms with Gasteiger partial charge in [-0.15, -0.1) is 0 Å². The van der Waals surface area contributed by atoms with Gasteiger partial charge in [0.25, 0.3) is 11.6 Å². The Morgan fingerprint density at radius 2 is 1.96 bits per heavy atom. The molecule has 1 N–H and O–H groups in total. The standard InChI is InChI=1S/C16H21N3O5/c1-5-24-16(21)14(10(2)3)11(4)17-18-15(20)12-8-6-7-9-13(12)19(22)23/h6-10,14H,5H2,1-4H3,(H,18,20)/b17-11-. The average Bonchev–Trinajstić information content (AvgIpc) is 2.52. The third kappa shape index (κ3) is 4.87. The first-order chi connectivity index (χ1) is 11.3. The quantitative estimate of drug-likeness (QED) is 0.356. The fraction of sp³-hybridized carbons (Fsp3) is 0.438. The van der Waals surface area contributed by atoms with Crippen LogP contribution in [0.2, 0.25) is 0 Å². The van der Waals surface area contributed by atoms with Crippen LogP contribution in [0, 0.1) is 22.0 Å². The number of carbonyl (C=O) groups excluding carboxylic acids is 2. The van der Waals surface area contributed by atoms with Crippen molar-refractivity contribution in [2.75, 3.05) is 6.61 Å². The minimum absolute atomic E-state index is 0.0734. The predicted octanol–water partition coefficient (Wildman–Crippen LogP) is 2.54. The molecular weight excluding hydrogens is 314 g/mol. The number of benzene rings is 1. The lowest BCUT2D eigenvalue weighted by molar-refractivity contribution is -0.385. The summed E-state index contributed by atoms with van der Waals surface area (Å²) < 4.78 is 5.01. The maximum Gasteiger partial charge on any atom is 0.314 e. The first kappa shape index (κ1) is 19.3. The van der Waals surface area contributed by atoms with Crippen molar-refractivity contribution < 1.29 is 19.2 Å². The lowest BCUT2D eigenvalue weighted by Crippen LogP contribution is -2.31. The molecule has 0 aromatic heterocycles. The number of rotatable bonds is 7. The Morgan fingerprint density at radius 1 is 1.33 bits per heavy atom. The summed E-state index contributed by atoms with van der Waals surface area (Å²) in [6, 6.07) is 5.57. The SMILES string of the molecule is CCOC(=O)C(/C(C)=N\NC(=O)c1ccccc1[N+](=O)[O-])C(C)C. The van der Waals surface area contributed by atoms with E-state index in [-0.39, 0.29) is 23.8 Å². The van der Waals surface area contributed by atoms with Crippen molar-refractivity contribution in [3.63, 3.8) is 0 Å². The molecule has 0 aliphatic carbocycles. The molecule has 130 valence electrons. The van der Waals surface area contributed by atoms with Gasteiger partial charge in [0.1, 0.15) is 5.56 Å². The van der Waals surface area contributed by atoms with Crippen LogP contribution in [-0.4, -0.2) is 29.1 Å². The van der Waals surface area contributed by atoms with Gasteiger partial charge in [-0.2, -0.15) is 5.10 Å². The van der Waals surface area contributed by atoms with E-state index >= 15 is 0 Å². The summed E-state index contributed by atoms with van der Waals surface area (Å²) in [6.07, 6.45) is 0. The monoisotopic (exact) mass is 335 g/mol. The van der Waals surface area contributed by atoms with Crippen LogP contribution in [0.4, 0.5) is 5.69 Å². The lowest BCUT2D eigenvalue weighted by atomic mass is 9.92. The largest absolute Gasteiger partial charge is 0.465 e. The van der Waals surface area contributed by atoms with Gasteiger partial charge in [-0.05, 0) is 25.8 Å². The second-order valence-corrected chi connectivity index (χ2v) is 5.44. The Hall–Kier alpha value is -2.77. The van der Waals surface area contributed by atoms with Gasteiger partial charge >= 0.3 is 5.97 Å². The number of esters is 1. The van der Waals surface area contributed by atoms with E-state index in [0.29, 0.717) is 5.71 Å². The van der Waals surface area contributed by atoms with Gasteiger partial charge in [0.05, 0.1) is 17.4 Å². The van der Waals surface area contributed by atoms with Crippen molar-refractivity contribution >= 4 is 23.3 Å². The van der Waals surface area contributed by atoms with E-state index < -0.39 is 22.7 Å². The zero-order valence-corrected chi connectivity index (χ0v) is 14.1. The number of nitro groups is 1. The fourth-order valence-electron chi connectivity index (χ4n) is 2.25. The summed E-state index contributed by atoms with van der Waals surface area (Å²) >= 11 is 0. The predicted molar refractivity (Wildman–Crippen MR) is 88.6 cm³/mol. The molecule has 1 atom stereocenters. The molecule has 0 aliphatic heterocycles. The van der Waals surface area contributed by atoms with Crippen LogP contribution in [0.3, 0.4) is 0 Å². The number of nitrogens with one attached hydrogen (secondary N) is 1. The number of para-hydroxylation sites is 1. The molecule has 0 fully saturated rings. The molecule has 1 aromatic carbocycles.